The number of carbonyl (C=O) groups is 1. The summed E-state index contributed by atoms with van der Waals surface area (Å²) in [5, 5.41) is 0.949. The standard InChI is InChI=1S/C10H13NO2S.C2H6/c1-3-4-7-5-8-10(14-7)11(2)9(12)6-13-8;1-2/h5H,3-4,6H2,1-2H3;1-2H3. The molecule has 0 spiro atoms. The van der Waals surface area contributed by atoms with Crippen LogP contribution in [0.3, 0.4) is 0 Å². The average molecular weight is 241 g/mol. The van der Waals surface area contributed by atoms with Crippen molar-refractivity contribution in [1.29, 1.82) is 0 Å². The number of amides is 1. The predicted octanol–water partition coefficient (Wildman–Crippen LogP) is 3.08. The molecule has 16 heavy (non-hydrogen) atoms. The Morgan fingerprint density at radius 1 is 1.50 bits per heavy atom. The van der Waals surface area contributed by atoms with E-state index in [1.165, 1.54) is 4.88 Å². The van der Waals surface area contributed by atoms with Crippen molar-refractivity contribution in [2.24, 2.45) is 0 Å². The van der Waals surface area contributed by atoms with Gasteiger partial charge in [0.25, 0.3) is 5.91 Å². The van der Waals surface area contributed by atoms with Crippen LogP contribution in [0, 0.1) is 0 Å². The molecule has 0 radical (unpaired) electrons. The summed E-state index contributed by atoms with van der Waals surface area (Å²) in [6, 6.07) is 2.05. The van der Waals surface area contributed by atoms with Crippen LogP contribution in [0.25, 0.3) is 0 Å². The van der Waals surface area contributed by atoms with Crippen LogP contribution in [0.1, 0.15) is 32.1 Å². The Balaban J connectivity index is 0.000000606. The zero-order valence-electron chi connectivity index (χ0n) is 10.4. The van der Waals surface area contributed by atoms with E-state index in [2.05, 4.69) is 6.92 Å². The summed E-state index contributed by atoms with van der Waals surface area (Å²) in [4.78, 5) is 14.3. The van der Waals surface area contributed by atoms with E-state index in [-0.39, 0.29) is 12.5 Å². The van der Waals surface area contributed by atoms with Crippen LogP contribution in [0.2, 0.25) is 0 Å². The molecular formula is C12H19NO2S. The fourth-order valence-electron chi connectivity index (χ4n) is 1.47. The van der Waals surface area contributed by atoms with Gasteiger partial charge in [0.1, 0.15) is 5.00 Å². The number of nitrogens with zero attached hydrogens (tertiary/aromatic N) is 1. The highest BCUT2D eigenvalue weighted by Crippen LogP contribution is 2.40. The molecule has 0 atom stereocenters. The molecule has 90 valence electrons. The van der Waals surface area contributed by atoms with Gasteiger partial charge in [0, 0.05) is 11.9 Å². The first-order valence-electron chi connectivity index (χ1n) is 5.74. The van der Waals surface area contributed by atoms with Crippen molar-refractivity contribution in [1.82, 2.24) is 0 Å². The number of fused-ring (bicyclic) bond motifs is 1. The third-order valence-electron chi connectivity index (χ3n) is 2.26. The molecule has 3 nitrogen and oxygen atoms in total. The number of thiophene rings is 1. The minimum Gasteiger partial charge on any atom is -0.481 e. The molecule has 2 heterocycles. The highest BCUT2D eigenvalue weighted by atomic mass is 32.1. The zero-order chi connectivity index (χ0) is 12.1. The van der Waals surface area contributed by atoms with Crippen molar-refractivity contribution in [3.63, 3.8) is 0 Å². The molecule has 0 fully saturated rings. The normalized spacial score (nSPS) is 13.8. The fourth-order valence-corrected chi connectivity index (χ4v) is 2.65. The number of aryl methyl sites for hydroxylation is 1. The van der Waals surface area contributed by atoms with Gasteiger partial charge in [0.05, 0.1) is 0 Å². The molecular weight excluding hydrogens is 222 g/mol. The summed E-state index contributed by atoms with van der Waals surface area (Å²) < 4.78 is 5.35. The molecule has 0 unspecified atom stereocenters. The number of hydrogen-bond acceptors (Lipinski definition) is 3. The van der Waals surface area contributed by atoms with Crippen molar-refractivity contribution < 1.29 is 9.53 Å². The van der Waals surface area contributed by atoms with Gasteiger partial charge in [-0.25, -0.2) is 0 Å². The Bertz CT molecular complexity index is 360. The van der Waals surface area contributed by atoms with Crippen molar-refractivity contribution in [2.45, 2.75) is 33.6 Å². The molecule has 1 aliphatic heterocycles. The summed E-state index contributed by atoms with van der Waals surface area (Å²) in [6.07, 6.45) is 2.18. The predicted molar refractivity (Wildman–Crippen MR) is 68.6 cm³/mol. The van der Waals surface area contributed by atoms with Crippen molar-refractivity contribution in [3.8, 4) is 5.75 Å². The van der Waals surface area contributed by atoms with E-state index in [4.69, 9.17) is 4.74 Å². The van der Waals surface area contributed by atoms with Gasteiger partial charge >= 0.3 is 0 Å². The summed E-state index contributed by atoms with van der Waals surface area (Å²) in [6.45, 7) is 6.32. The first kappa shape index (κ1) is 13.0. The summed E-state index contributed by atoms with van der Waals surface area (Å²) in [5.41, 5.74) is 0. The van der Waals surface area contributed by atoms with Crippen LogP contribution in [0.15, 0.2) is 6.07 Å². The zero-order valence-corrected chi connectivity index (χ0v) is 11.2. The fraction of sp³-hybridized carbons (Fsp3) is 0.583. The van der Waals surface area contributed by atoms with E-state index in [0.29, 0.717) is 0 Å². The third-order valence-corrected chi connectivity index (χ3v) is 3.51. The maximum absolute atomic E-state index is 11.3. The number of carbonyl (C=O) groups excluding carboxylic acids is 1. The summed E-state index contributed by atoms with van der Waals surface area (Å²) >= 11 is 1.65. The molecule has 4 heteroatoms. The first-order valence-corrected chi connectivity index (χ1v) is 6.56. The molecule has 2 rings (SSSR count). The quantitative estimate of drug-likeness (QED) is 0.796. The topological polar surface area (TPSA) is 29.5 Å². The number of likely N-dealkylation sites (N-methyl/N-ethyl adjacent to an activating group) is 1. The van der Waals surface area contributed by atoms with Gasteiger partial charge in [-0.05, 0) is 12.5 Å². The monoisotopic (exact) mass is 241 g/mol. The second-order valence-corrected chi connectivity index (χ2v) is 4.49. The Labute approximate surface area is 101 Å². The lowest BCUT2D eigenvalue weighted by Gasteiger charge is -2.22. The van der Waals surface area contributed by atoms with Gasteiger partial charge in [0.15, 0.2) is 12.4 Å². The van der Waals surface area contributed by atoms with Crippen molar-refractivity contribution in [3.05, 3.63) is 10.9 Å². The van der Waals surface area contributed by atoms with E-state index in [1.807, 2.05) is 19.9 Å². The van der Waals surface area contributed by atoms with E-state index in [9.17, 15) is 4.79 Å². The number of anilines is 1. The molecule has 1 aliphatic rings. The van der Waals surface area contributed by atoms with E-state index >= 15 is 0 Å². The lowest BCUT2D eigenvalue weighted by Crippen LogP contribution is -2.34. The van der Waals surface area contributed by atoms with Crippen molar-refractivity contribution in [2.75, 3.05) is 18.6 Å². The van der Waals surface area contributed by atoms with Crippen LogP contribution in [-0.4, -0.2) is 19.6 Å². The number of hydrogen-bond donors (Lipinski definition) is 0. The van der Waals surface area contributed by atoms with Crippen LogP contribution in [0.5, 0.6) is 5.75 Å². The lowest BCUT2D eigenvalue weighted by molar-refractivity contribution is -0.120. The van der Waals surface area contributed by atoms with Gasteiger partial charge in [-0.3, -0.25) is 4.79 Å². The minimum atomic E-state index is 0.0300. The second-order valence-electron chi connectivity index (χ2n) is 3.37. The SMILES string of the molecule is CC.CCCc1cc2c(s1)N(C)C(=O)CO2. The van der Waals surface area contributed by atoms with Gasteiger partial charge in [-0.2, -0.15) is 0 Å². The molecule has 1 amide bonds. The molecule has 1 aromatic rings. The van der Waals surface area contributed by atoms with Gasteiger partial charge in [-0.15, -0.1) is 11.3 Å². The van der Waals surface area contributed by atoms with Gasteiger partial charge < -0.3 is 9.64 Å². The molecule has 0 bridgehead atoms. The highest BCUT2D eigenvalue weighted by Gasteiger charge is 2.24. The maximum Gasteiger partial charge on any atom is 0.265 e. The van der Waals surface area contributed by atoms with Crippen LogP contribution in [-0.2, 0) is 11.2 Å². The maximum atomic E-state index is 11.3. The summed E-state index contributed by atoms with van der Waals surface area (Å²) in [7, 11) is 1.80. The molecule has 0 saturated heterocycles. The Morgan fingerprint density at radius 3 is 2.81 bits per heavy atom. The Morgan fingerprint density at radius 2 is 2.19 bits per heavy atom. The average Bonchev–Trinajstić information content (AvgIpc) is 2.71. The van der Waals surface area contributed by atoms with Crippen LogP contribution in [0.4, 0.5) is 5.00 Å². The molecule has 0 aromatic carbocycles. The smallest absolute Gasteiger partial charge is 0.265 e. The highest BCUT2D eigenvalue weighted by molar-refractivity contribution is 7.16. The third kappa shape index (κ3) is 2.55. The Kier molecular flexibility index (Phi) is 4.80. The number of ether oxygens (including phenoxy) is 1. The van der Waals surface area contributed by atoms with E-state index in [1.54, 1.807) is 23.3 Å². The molecule has 0 saturated carbocycles. The number of rotatable bonds is 2. The van der Waals surface area contributed by atoms with Crippen LogP contribution < -0.4 is 9.64 Å². The molecule has 0 N–H and O–H groups in total. The van der Waals surface area contributed by atoms with Gasteiger partial charge in [-0.1, -0.05) is 27.2 Å². The lowest BCUT2D eigenvalue weighted by atomic mass is 10.3. The second kappa shape index (κ2) is 5.89. The van der Waals surface area contributed by atoms with Crippen LogP contribution >= 0.6 is 11.3 Å². The molecule has 0 aliphatic carbocycles. The first-order chi connectivity index (χ1) is 7.72. The summed E-state index contributed by atoms with van der Waals surface area (Å²) in [5.74, 6) is 0.892. The Hall–Kier alpha value is -1.03. The van der Waals surface area contributed by atoms with E-state index in [0.717, 1.165) is 23.6 Å². The van der Waals surface area contributed by atoms with Gasteiger partial charge in [0.2, 0.25) is 0 Å². The minimum absolute atomic E-state index is 0.0300. The van der Waals surface area contributed by atoms with E-state index < -0.39 is 0 Å². The van der Waals surface area contributed by atoms with Crippen molar-refractivity contribution >= 4 is 22.2 Å². The largest absolute Gasteiger partial charge is 0.481 e. The molecule has 1 aromatic heterocycles.